The molecule has 2 aliphatic rings. The van der Waals surface area contributed by atoms with Crippen molar-refractivity contribution in [2.24, 2.45) is 5.41 Å². The Bertz CT molecular complexity index is 830. The number of carbonyl (C=O) groups excluding carboxylic acids is 3. The smallest absolute Gasteiger partial charge is 0.246 e. The van der Waals surface area contributed by atoms with E-state index in [1.165, 1.54) is 0 Å². The van der Waals surface area contributed by atoms with Crippen molar-refractivity contribution in [1.29, 1.82) is 0 Å². The molecule has 0 unspecified atom stereocenters. The van der Waals surface area contributed by atoms with E-state index in [-0.39, 0.29) is 29.7 Å². The summed E-state index contributed by atoms with van der Waals surface area (Å²) in [6.07, 6.45) is 4.76. The standard InChI is InChI=1S/C26H39N3O3/c1-18(2)27-23(31)26(16-10-9-14-20(26)19-12-7-6-8-13-19)28-22(30)21-15-11-17-29(21)24(32)25(3,4)5/h6-8,12-13,18,20-21H,9-11,14-17H2,1-5H3,(H,27,31)(H,28,30)/t20-,21-,26-/m0/s1. The van der Waals surface area contributed by atoms with E-state index >= 15 is 0 Å². The fourth-order valence-electron chi connectivity index (χ4n) is 5.19. The molecule has 6 nitrogen and oxygen atoms in total. The second kappa shape index (κ2) is 9.63. The highest BCUT2D eigenvalue weighted by atomic mass is 16.2. The SMILES string of the molecule is CC(C)NC(=O)[C@]1(NC(=O)[C@@H]2CCCN2C(=O)C(C)(C)C)CCCC[C@H]1c1ccccc1. The zero-order valence-electron chi connectivity index (χ0n) is 20.2. The number of nitrogens with one attached hydrogen (secondary N) is 2. The van der Waals surface area contributed by atoms with Gasteiger partial charge >= 0.3 is 0 Å². The van der Waals surface area contributed by atoms with Gasteiger partial charge in [0.15, 0.2) is 0 Å². The van der Waals surface area contributed by atoms with Crippen molar-refractivity contribution in [3.05, 3.63) is 35.9 Å². The minimum absolute atomic E-state index is 0.0147. The van der Waals surface area contributed by atoms with E-state index in [0.717, 1.165) is 31.2 Å². The Morgan fingerprint density at radius 1 is 1.03 bits per heavy atom. The Balaban J connectivity index is 1.94. The van der Waals surface area contributed by atoms with E-state index in [4.69, 9.17) is 0 Å². The van der Waals surface area contributed by atoms with Gasteiger partial charge in [-0.3, -0.25) is 14.4 Å². The molecule has 1 saturated carbocycles. The quantitative estimate of drug-likeness (QED) is 0.730. The summed E-state index contributed by atoms with van der Waals surface area (Å²) in [5.74, 6) is -0.449. The molecule has 0 radical (unpaired) electrons. The van der Waals surface area contributed by atoms with Gasteiger partial charge in [-0.1, -0.05) is 63.9 Å². The summed E-state index contributed by atoms with van der Waals surface area (Å²) in [4.78, 5) is 42.0. The summed E-state index contributed by atoms with van der Waals surface area (Å²) >= 11 is 0. The maximum Gasteiger partial charge on any atom is 0.246 e. The Kier molecular flexibility index (Phi) is 7.31. The Labute approximate surface area is 192 Å². The summed E-state index contributed by atoms with van der Waals surface area (Å²) in [7, 11) is 0. The molecule has 0 spiro atoms. The molecular formula is C26H39N3O3. The van der Waals surface area contributed by atoms with Gasteiger partial charge in [-0.25, -0.2) is 0 Å². The van der Waals surface area contributed by atoms with E-state index in [0.29, 0.717) is 19.4 Å². The van der Waals surface area contributed by atoms with Gasteiger partial charge in [-0.05, 0) is 45.1 Å². The molecule has 1 saturated heterocycles. The van der Waals surface area contributed by atoms with Crippen molar-refractivity contribution in [3.63, 3.8) is 0 Å². The first-order valence-electron chi connectivity index (χ1n) is 12.1. The lowest BCUT2D eigenvalue weighted by Gasteiger charge is -2.45. The van der Waals surface area contributed by atoms with Crippen molar-refractivity contribution in [2.75, 3.05) is 6.54 Å². The molecule has 32 heavy (non-hydrogen) atoms. The van der Waals surface area contributed by atoms with Crippen LogP contribution >= 0.6 is 0 Å². The third-order valence-electron chi connectivity index (χ3n) is 6.74. The predicted molar refractivity (Wildman–Crippen MR) is 126 cm³/mol. The topological polar surface area (TPSA) is 78.5 Å². The first kappa shape index (κ1) is 24.3. The van der Waals surface area contributed by atoms with E-state index < -0.39 is 17.0 Å². The van der Waals surface area contributed by atoms with Crippen LogP contribution in [0.25, 0.3) is 0 Å². The van der Waals surface area contributed by atoms with E-state index in [2.05, 4.69) is 10.6 Å². The lowest BCUT2D eigenvalue weighted by molar-refractivity contribution is -0.146. The number of likely N-dealkylation sites (tertiary alicyclic amines) is 1. The van der Waals surface area contributed by atoms with Gasteiger partial charge in [0.2, 0.25) is 17.7 Å². The van der Waals surface area contributed by atoms with Gasteiger partial charge in [-0.15, -0.1) is 0 Å². The first-order valence-corrected chi connectivity index (χ1v) is 12.1. The molecule has 176 valence electrons. The predicted octanol–water partition coefficient (Wildman–Crippen LogP) is 3.76. The largest absolute Gasteiger partial charge is 0.352 e. The number of hydrogen-bond donors (Lipinski definition) is 2. The van der Waals surface area contributed by atoms with Crippen molar-refractivity contribution < 1.29 is 14.4 Å². The van der Waals surface area contributed by atoms with Crippen molar-refractivity contribution >= 4 is 17.7 Å². The summed E-state index contributed by atoms with van der Waals surface area (Å²) < 4.78 is 0. The third-order valence-corrected chi connectivity index (χ3v) is 6.74. The number of amides is 3. The molecule has 0 aromatic heterocycles. The summed E-state index contributed by atoms with van der Waals surface area (Å²) in [5.41, 5.74) is -0.493. The highest BCUT2D eigenvalue weighted by molar-refractivity contribution is 5.96. The average Bonchev–Trinajstić information content (AvgIpc) is 3.23. The van der Waals surface area contributed by atoms with Crippen LogP contribution in [0.5, 0.6) is 0 Å². The monoisotopic (exact) mass is 441 g/mol. The molecule has 1 aromatic carbocycles. The molecule has 1 aliphatic carbocycles. The molecule has 0 bridgehead atoms. The number of nitrogens with zero attached hydrogens (tertiary/aromatic N) is 1. The molecule has 2 fully saturated rings. The van der Waals surface area contributed by atoms with Gasteiger partial charge in [0.1, 0.15) is 11.6 Å². The van der Waals surface area contributed by atoms with Crippen molar-refractivity contribution in [2.45, 2.75) is 96.7 Å². The number of hydrogen-bond acceptors (Lipinski definition) is 3. The molecular weight excluding hydrogens is 402 g/mol. The van der Waals surface area contributed by atoms with E-state index in [1.807, 2.05) is 65.0 Å². The van der Waals surface area contributed by atoms with Crippen molar-refractivity contribution in [3.8, 4) is 0 Å². The van der Waals surface area contributed by atoms with Crippen LogP contribution < -0.4 is 10.6 Å². The second-order valence-corrected chi connectivity index (χ2v) is 10.7. The van der Waals surface area contributed by atoms with E-state index in [1.54, 1.807) is 4.90 Å². The minimum Gasteiger partial charge on any atom is -0.352 e. The fourth-order valence-corrected chi connectivity index (χ4v) is 5.19. The molecule has 1 aromatic rings. The molecule has 2 N–H and O–H groups in total. The highest BCUT2D eigenvalue weighted by Crippen LogP contribution is 2.42. The van der Waals surface area contributed by atoms with Crippen LogP contribution in [-0.2, 0) is 14.4 Å². The maximum atomic E-state index is 13.6. The van der Waals surface area contributed by atoms with Gasteiger partial charge in [0.25, 0.3) is 0 Å². The lowest BCUT2D eigenvalue weighted by atomic mass is 9.68. The van der Waals surface area contributed by atoms with Gasteiger partial charge in [0, 0.05) is 23.9 Å². The molecule has 1 aliphatic heterocycles. The zero-order valence-corrected chi connectivity index (χ0v) is 20.2. The molecule has 3 amide bonds. The van der Waals surface area contributed by atoms with Gasteiger partial charge in [0.05, 0.1) is 0 Å². The third kappa shape index (κ3) is 5.00. The fraction of sp³-hybridized carbons (Fsp3) is 0.654. The van der Waals surface area contributed by atoms with E-state index in [9.17, 15) is 14.4 Å². The number of benzene rings is 1. The number of rotatable bonds is 5. The minimum atomic E-state index is -1.01. The average molecular weight is 442 g/mol. The Hall–Kier alpha value is -2.37. The first-order chi connectivity index (χ1) is 15.1. The second-order valence-electron chi connectivity index (χ2n) is 10.7. The summed E-state index contributed by atoms with van der Waals surface area (Å²) in [5, 5.41) is 6.29. The van der Waals surface area contributed by atoms with Crippen LogP contribution in [0.3, 0.4) is 0 Å². The van der Waals surface area contributed by atoms with Gasteiger partial charge in [-0.2, -0.15) is 0 Å². The normalized spacial score (nSPS) is 26.1. The molecule has 3 atom stereocenters. The van der Waals surface area contributed by atoms with Crippen LogP contribution in [0.1, 0.15) is 84.6 Å². The summed E-state index contributed by atoms with van der Waals surface area (Å²) in [6, 6.07) is 9.48. The van der Waals surface area contributed by atoms with Gasteiger partial charge < -0.3 is 15.5 Å². The highest BCUT2D eigenvalue weighted by Gasteiger charge is 2.50. The van der Waals surface area contributed by atoms with Crippen LogP contribution in [0.2, 0.25) is 0 Å². The Morgan fingerprint density at radius 3 is 2.34 bits per heavy atom. The Morgan fingerprint density at radius 2 is 1.72 bits per heavy atom. The van der Waals surface area contributed by atoms with Crippen LogP contribution in [-0.4, -0.2) is 46.8 Å². The zero-order chi connectivity index (χ0) is 23.5. The summed E-state index contributed by atoms with van der Waals surface area (Å²) in [6.45, 7) is 10.1. The molecule has 3 rings (SSSR count). The lowest BCUT2D eigenvalue weighted by Crippen LogP contribution is -2.66. The molecule has 1 heterocycles. The molecule has 6 heteroatoms. The number of carbonyl (C=O) groups is 3. The maximum absolute atomic E-state index is 13.6. The van der Waals surface area contributed by atoms with Crippen LogP contribution in [0, 0.1) is 5.41 Å². The van der Waals surface area contributed by atoms with Crippen molar-refractivity contribution in [1.82, 2.24) is 15.5 Å². The van der Waals surface area contributed by atoms with Crippen LogP contribution in [0.4, 0.5) is 0 Å². The van der Waals surface area contributed by atoms with Crippen LogP contribution in [0.15, 0.2) is 30.3 Å².